The minimum absolute atomic E-state index is 0.460. The normalized spacial score (nSPS) is 15.8. The van der Waals surface area contributed by atoms with Gasteiger partial charge in [-0.15, -0.1) is 0 Å². The molecule has 1 aromatic rings. The summed E-state index contributed by atoms with van der Waals surface area (Å²) in [6.07, 6.45) is 2.40. The van der Waals surface area contributed by atoms with Crippen LogP contribution in [0.25, 0.3) is 0 Å². The summed E-state index contributed by atoms with van der Waals surface area (Å²) in [7, 11) is -1.42. The van der Waals surface area contributed by atoms with Crippen molar-refractivity contribution in [2.24, 2.45) is 0 Å². The summed E-state index contributed by atoms with van der Waals surface area (Å²) in [5.74, 6) is 0.602. The van der Waals surface area contributed by atoms with Gasteiger partial charge in [-0.05, 0) is 35.9 Å². The standard InChI is InChI=1S/C9H12BNO2/c11-9-5-7(10(12)13)3-4-8(9)6-1-2-6/h3-6,12-13H,1-2,11H2. The van der Waals surface area contributed by atoms with Gasteiger partial charge in [-0.25, -0.2) is 0 Å². The zero-order chi connectivity index (χ0) is 9.42. The molecule has 0 bridgehead atoms. The van der Waals surface area contributed by atoms with Gasteiger partial charge in [-0.1, -0.05) is 12.1 Å². The monoisotopic (exact) mass is 177 g/mol. The Balaban J connectivity index is 2.31. The van der Waals surface area contributed by atoms with E-state index in [2.05, 4.69) is 0 Å². The van der Waals surface area contributed by atoms with Gasteiger partial charge < -0.3 is 15.8 Å². The van der Waals surface area contributed by atoms with E-state index in [9.17, 15) is 0 Å². The van der Waals surface area contributed by atoms with Crippen LogP contribution in [-0.2, 0) is 0 Å². The molecule has 1 saturated carbocycles. The molecule has 0 heterocycles. The molecule has 13 heavy (non-hydrogen) atoms. The first-order valence-electron chi connectivity index (χ1n) is 4.44. The van der Waals surface area contributed by atoms with Crippen molar-refractivity contribution in [3.63, 3.8) is 0 Å². The van der Waals surface area contributed by atoms with Crippen LogP contribution >= 0.6 is 0 Å². The lowest BCUT2D eigenvalue weighted by Crippen LogP contribution is -2.30. The maximum atomic E-state index is 8.89. The van der Waals surface area contributed by atoms with Crippen molar-refractivity contribution in [3.8, 4) is 0 Å². The van der Waals surface area contributed by atoms with E-state index in [0.717, 1.165) is 5.56 Å². The lowest BCUT2D eigenvalue weighted by molar-refractivity contribution is 0.426. The third-order valence-electron chi connectivity index (χ3n) is 2.43. The van der Waals surface area contributed by atoms with Crippen LogP contribution in [0, 0.1) is 0 Å². The first-order valence-corrected chi connectivity index (χ1v) is 4.44. The molecule has 0 aliphatic heterocycles. The third kappa shape index (κ3) is 1.69. The third-order valence-corrected chi connectivity index (χ3v) is 2.43. The zero-order valence-corrected chi connectivity index (χ0v) is 7.27. The molecule has 0 atom stereocenters. The van der Waals surface area contributed by atoms with Crippen molar-refractivity contribution in [1.82, 2.24) is 0 Å². The van der Waals surface area contributed by atoms with Crippen LogP contribution in [0.2, 0.25) is 0 Å². The Morgan fingerprint density at radius 1 is 1.31 bits per heavy atom. The van der Waals surface area contributed by atoms with Gasteiger partial charge in [-0.2, -0.15) is 0 Å². The summed E-state index contributed by atoms with van der Waals surface area (Å²) in [5.41, 5.74) is 8.06. The maximum Gasteiger partial charge on any atom is 0.488 e. The molecule has 1 aromatic carbocycles. The lowest BCUT2D eigenvalue weighted by atomic mass is 9.79. The Morgan fingerprint density at radius 3 is 2.46 bits per heavy atom. The Hall–Kier alpha value is -0.995. The molecule has 1 fully saturated rings. The number of benzene rings is 1. The van der Waals surface area contributed by atoms with Crippen molar-refractivity contribution in [2.75, 3.05) is 5.73 Å². The van der Waals surface area contributed by atoms with Crippen molar-refractivity contribution >= 4 is 18.3 Å². The van der Waals surface area contributed by atoms with E-state index in [1.807, 2.05) is 6.07 Å². The van der Waals surface area contributed by atoms with Crippen LogP contribution in [-0.4, -0.2) is 17.2 Å². The Kier molecular flexibility index (Phi) is 2.02. The van der Waals surface area contributed by atoms with Crippen LogP contribution in [0.3, 0.4) is 0 Å². The molecule has 0 aromatic heterocycles. The zero-order valence-electron chi connectivity index (χ0n) is 7.27. The Morgan fingerprint density at radius 2 is 2.00 bits per heavy atom. The van der Waals surface area contributed by atoms with E-state index in [1.54, 1.807) is 12.1 Å². The minimum Gasteiger partial charge on any atom is -0.423 e. The SMILES string of the molecule is Nc1cc(B(O)O)ccc1C1CC1. The quantitative estimate of drug-likeness (QED) is 0.433. The maximum absolute atomic E-state index is 8.89. The van der Waals surface area contributed by atoms with Gasteiger partial charge in [0.1, 0.15) is 0 Å². The Bertz CT molecular complexity index is 323. The van der Waals surface area contributed by atoms with Crippen molar-refractivity contribution in [1.29, 1.82) is 0 Å². The van der Waals surface area contributed by atoms with Crippen LogP contribution in [0.1, 0.15) is 24.3 Å². The molecule has 0 radical (unpaired) electrons. The number of hydrogen-bond donors (Lipinski definition) is 3. The van der Waals surface area contributed by atoms with Gasteiger partial charge in [0.15, 0.2) is 0 Å². The predicted molar refractivity (Wildman–Crippen MR) is 52.7 cm³/mol. The minimum atomic E-state index is -1.42. The van der Waals surface area contributed by atoms with E-state index in [-0.39, 0.29) is 0 Å². The van der Waals surface area contributed by atoms with E-state index in [0.29, 0.717) is 17.1 Å². The number of nitrogen functional groups attached to an aromatic ring is 1. The topological polar surface area (TPSA) is 66.5 Å². The average molecular weight is 177 g/mol. The fourth-order valence-electron chi connectivity index (χ4n) is 1.52. The molecular weight excluding hydrogens is 165 g/mol. The molecule has 4 N–H and O–H groups in total. The molecule has 0 amide bonds. The second kappa shape index (κ2) is 3.05. The summed E-state index contributed by atoms with van der Waals surface area (Å²) < 4.78 is 0. The molecule has 0 saturated heterocycles. The van der Waals surface area contributed by atoms with E-state index < -0.39 is 7.12 Å². The van der Waals surface area contributed by atoms with E-state index in [1.165, 1.54) is 12.8 Å². The predicted octanol–water partition coefficient (Wildman–Crippen LogP) is -0.174. The summed E-state index contributed by atoms with van der Waals surface area (Å²) in [5, 5.41) is 17.8. The molecule has 4 heteroatoms. The fraction of sp³-hybridized carbons (Fsp3) is 0.333. The summed E-state index contributed by atoms with van der Waals surface area (Å²) in [4.78, 5) is 0. The molecule has 1 aliphatic rings. The van der Waals surface area contributed by atoms with Crippen molar-refractivity contribution in [2.45, 2.75) is 18.8 Å². The highest BCUT2D eigenvalue weighted by molar-refractivity contribution is 6.58. The molecular formula is C9H12BNO2. The molecule has 0 spiro atoms. The molecule has 3 nitrogen and oxygen atoms in total. The second-order valence-corrected chi connectivity index (χ2v) is 3.54. The van der Waals surface area contributed by atoms with E-state index >= 15 is 0 Å². The molecule has 68 valence electrons. The molecule has 1 aliphatic carbocycles. The van der Waals surface area contributed by atoms with Crippen LogP contribution in [0.4, 0.5) is 5.69 Å². The average Bonchev–Trinajstić information content (AvgIpc) is 2.87. The number of rotatable bonds is 2. The summed E-state index contributed by atoms with van der Waals surface area (Å²) in [6.45, 7) is 0. The van der Waals surface area contributed by atoms with Gasteiger partial charge in [0.05, 0.1) is 0 Å². The highest BCUT2D eigenvalue weighted by atomic mass is 16.4. The molecule has 2 rings (SSSR count). The van der Waals surface area contributed by atoms with Gasteiger partial charge >= 0.3 is 7.12 Å². The number of hydrogen-bond acceptors (Lipinski definition) is 3. The molecule has 0 unspecified atom stereocenters. The van der Waals surface area contributed by atoms with E-state index in [4.69, 9.17) is 15.8 Å². The van der Waals surface area contributed by atoms with Gasteiger partial charge in [0.2, 0.25) is 0 Å². The summed E-state index contributed by atoms with van der Waals surface area (Å²) >= 11 is 0. The number of nitrogens with two attached hydrogens (primary N) is 1. The van der Waals surface area contributed by atoms with Gasteiger partial charge in [-0.3, -0.25) is 0 Å². The van der Waals surface area contributed by atoms with Gasteiger partial charge in [0, 0.05) is 5.69 Å². The summed E-state index contributed by atoms with van der Waals surface area (Å²) in [6, 6.07) is 5.24. The lowest BCUT2D eigenvalue weighted by Gasteiger charge is -2.06. The highest BCUT2D eigenvalue weighted by Crippen LogP contribution is 2.42. The Labute approximate surface area is 77.3 Å². The fourth-order valence-corrected chi connectivity index (χ4v) is 1.52. The van der Waals surface area contributed by atoms with Crippen molar-refractivity contribution in [3.05, 3.63) is 23.8 Å². The van der Waals surface area contributed by atoms with Crippen LogP contribution < -0.4 is 11.2 Å². The second-order valence-electron chi connectivity index (χ2n) is 3.54. The van der Waals surface area contributed by atoms with Crippen LogP contribution in [0.5, 0.6) is 0 Å². The van der Waals surface area contributed by atoms with Crippen molar-refractivity contribution < 1.29 is 10.0 Å². The number of anilines is 1. The first-order chi connectivity index (χ1) is 6.18. The smallest absolute Gasteiger partial charge is 0.423 e. The van der Waals surface area contributed by atoms with Crippen LogP contribution in [0.15, 0.2) is 18.2 Å². The highest BCUT2D eigenvalue weighted by Gasteiger charge is 2.26. The first kappa shape index (κ1) is 8.60. The van der Waals surface area contributed by atoms with Gasteiger partial charge in [0.25, 0.3) is 0 Å². The largest absolute Gasteiger partial charge is 0.488 e.